The molecule has 0 amide bonds. The number of carboxylic acid groups (broad SMARTS) is 1. The molecule has 10 heavy (non-hydrogen) atoms. The summed E-state index contributed by atoms with van der Waals surface area (Å²) in [4.78, 5) is 9.73. The molecule has 0 aliphatic heterocycles. The zero-order valence-corrected chi connectivity index (χ0v) is 5.67. The summed E-state index contributed by atoms with van der Waals surface area (Å²) in [5, 5.41) is 7.95. The van der Waals surface area contributed by atoms with Gasteiger partial charge in [-0.1, -0.05) is 0 Å². The maximum absolute atomic E-state index is 9.75. The molecule has 0 radical (unpaired) electrons. The Morgan fingerprint density at radius 3 is 2.30 bits per heavy atom. The van der Waals surface area contributed by atoms with Crippen LogP contribution in [0.25, 0.3) is 0 Å². The number of hydrogen-bond acceptors (Lipinski definition) is 4. The van der Waals surface area contributed by atoms with Gasteiger partial charge in [0.25, 0.3) is 0 Å². The van der Waals surface area contributed by atoms with Crippen LogP contribution in [0.3, 0.4) is 0 Å². The van der Waals surface area contributed by atoms with Crippen molar-refractivity contribution < 1.29 is 27.1 Å². The van der Waals surface area contributed by atoms with Crippen molar-refractivity contribution in [1.29, 1.82) is 0 Å². The summed E-state index contributed by atoms with van der Waals surface area (Å²) in [6.07, 6.45) is -0.459. The van der Waals surface area contributed by atoms with Gasteiger partial charge in [-0.05, 0) is 0 Å². The van der Waals surface area contributed by atoms with Gasteiger partial charge in [0, 0.05) is 0 Å². The minimum atomic E-state index is -4.48. The highest BCUT2D eigenvalue weighted by molar-refractivity contribution is 7.80. The summed E-state index contributed by atoms with van der Waals surface area (Å²) in [6, 6.07) is 0. The number of hydrogen-bond donors (Lipinski definition) is 2. The number of carboxylic acids is 1. The minimum absolute atomic E-state index is 0.459. The fraction of sp³-hybridized carbons (Fsp3) is 0.667. The number of rotatable bonds is 4. The van der Waals surface area contributed by atoms with Gasteiger partial charge in [-0.25, -0.2) is 4.18 Å². The summed E-state index contributed by atoms with van der Waals surface area (Å²) >= 11 is 0. The molecule has 6 nitrogen and oxygen atoms in total. The van der Waals surface area contributed by atoms with E-state index in [4.69, 9.17) is 9.66 Å². The fourth-order valence-electron chi connectivity index (χ4n) is 0.234. The van der Waals surface area contributed by atoms with Crippen molar-refractivity contribution in [3.8, 4) is 0 Å². The number of aliphatic carboxylic acids is 1. The lowest BCUT2D eigenvalue weighted by molar-refractivity contribution is -0.137. The molecule has 0 aromatic rings. The number of carbonyl (C=O) groups is 1. The van der Waals surface area contributed by atoms with E-state index in [1.165, 1.54) is 0 Å². The maximum atomic E-state index is 9.75. The van der Waals surface area contributed by atoms with Crippen molar-refractivity contribution in [1.82, 2.24) is 0 Å². The highest BCUT2D eigenvalue weighted by Gasteiger charge is 2.05. The molecule has 0 aromatic heterocycles. The normalized spacial score (nSPS) is 11.3. The Hall–Kier alpha value is -0.660. The molecule has 0 aliphatic carbocycles. The second-order valence-electron chi connectivity index (χ2n) is 1.39. The van der Waals surface area contributed by atoms with Crippen molar-refractivity contribution in [2.24, 2.45) is 0 Å². The second-order valence-corrected chi connectivity index (χ2v) is 2.48. The molecule has 7 heteroatoms. The van der Waals surface area contributed by atoms with Crippen LogP contribution in [-0.2, 0) is 19.4 Å². The molecule has 0 rings (SSSR count). The van der Waals surface area contributed by atoms with Crippen LogP contribution in [0.4, 0.5) is 0 Å². The predicted octanol–water partition coefficient (Wildman–Crippen LogP) is -0.719. The first-order chi connectivity index (χ1) is 4.42. The lowest BCUT2D eigenvalue weighted by Crippen LogP contribution is -2.08. The van der Waals surface area contributed by atoms with Crippen molar-refractivity contribution in [3.05, 3.63) is 0 Å². The van der Waals surface area contributed by atoms with Gasteiger partial charge in [-0.2, -0.15) is 8.42 Å². The summed E-state index contributed by atoms with van der Waals surface area (Å²) in [5.74, 6) is -1.19. The molecule has 0 bridgehead atoms. The van der Waals surface area contributed by atoms with E-state index >= 15 is 0 Å². The zero-order chi connectivity index (χ0) is 8.20. The van der Waals surface area contributed by atoms with E-state index in [1.54, 1.807) is 0 Å². The van der Waals surface area contributed by atoms with E-state index in [0.717, 1.165) is 0 Å². The Kier molecular flexibility index (Phi) is 3.26. The molecule has 0 aliphatic rings. The highest BCUT2D eigenvalue weighted by Crippen LogP contribution is 1.88. The van der Waals surface area contributed by atoms with Gasteiger partial charge >= 0.3 is 16.4 Å². The van der Waals surface area contributed by atoms with Crippen LogP contribution in [0.1, 0.15) is 6.42 Å². The van der Waals surface area contributed by atoms with Gasteiger partial charge < -0.3 is 5.11 Å². The maximum Gasteiger partial charge on any atom is 0.397 e. The molecule has 0 heterocycles. The Balaban J connectivity index is 3.49. The van der Waals surface area contributed by atoms with Crippen molar-refractivity contribution in [2.45, 2.75) is 6.42 Å². The van der Waals surface area contributed by atoms with Crippen LogP contribution in [-0.4, -0.2) is 30.7 Å². The van der Waals surface area contributed by atoms with Crippen molar-refractivity contribution in [2.75, 3.05) is 6.61 Å². The molecular formula is C3H6O6S. The van der Waals surface area contributed by atoms with Crippen LogP contribution >= 0.6 is 0 Å². The zero-order valence-electron chi connectivity index (χ0n) is 4.85. The van der Waals surface area contributed by atoms with Crippen LogP contribution < -0.4 is 0 Å². The third-order valence-corrected chi connectivity index (χ3v) is 1.01. The average Bonchev–Trinajstić information content (AvgIpc) is 1.59. The first kappa shape index (κ1) is 9.34. The minimum Gasteiger partial charge on any atom is -0.481 e. The van der Waals surface area contributed by atoms with Crippen molar-refractivity contribution >= 4 is 16.4 Å². The summed E-state index contributed by atoms with van der Waals surface area (Å²) in [6.45, 7) is -0.547. The largest absolute Gasteiger partial charge is 0.481 e. The molecule has 60 valence electrons. The van der Waals surface area contributed by atoms with Gasteiger partial charge in [0.15, 0.2) is 0 Å². The monoisotopic (exact) mass is 170 g/mol. The van der Waals surface area contributed by atoms with Gasteiger partial charge in [0.05, 0.1) is 13.0 Å². The molecule has 0 aromatic carbocycles. The fourth-order valence-corrected chi connectivity index (χ4v) is 0.528. The van der Waals surface area contributed by atoms with Gasteiger partial charge in [-0.3, -0.25) is 9.35 Å². The van der Waals surface area contributed by atoms with Crippen LogP contribution in [0.5, 0.6) is 0 Å². The van der Waals surface area contributed by atoms with E-state index in [0.29, 0.717) is 0 Å². The summed E-state index contributed by atoms with van der Waals surface area (Å²) in [5.41, 5.74) is 0. The molecule has 0 saturated carbocycles. The van der Waals surface area contributed by atoms with E-state index in [2.05, 4.69) is 4.18 Å². The molecule has 0 unspecified atom stereocenters. The lowest BCUT2D eigenvalue weighted by Gasteiger charge is -1.94. The van der Waals surface area contributed by atoms with Crippen LogP contribution in [0.2, 0.25) is 0 Å². The second kappa shape index (κ2) is 3.49. The van der Waals surface area contributed by atoms with Gasteiger partial charge in [-0.15, -0.1) is 0 Å². The van der Waals surface area contributed by atoms with Crippen LogP contribution in [0.15, 0.2) is 0 Å². The highest BCUT2D eigenvalue weighted by atomic mass is 32.3. The average molecular weight is 170 g/mol. The summed E-state index contributed by atoms with van der Waals surface area (Å²) < 4.78 is 31.1. The SMILES string of the molecule is O=C(O)CCOS(=O)(=O)O. The Bertz CT molecular complexity index is 203. The van der Waals surface area contributed by atoms with Gasteiger partial charge in [0.1, 0.15) is 0 Å². The first-order valence-electron chi connectivity index (χ1n) is 2.25. The quantitative estimate of drug-likeness (QED) is 0.540. The lowest BCUT2D eigenvalue weighted by atomic mass is 10.5. The summed E-state index contributed by atoms with van der Waals surface area (Å²) in [7, 11) is -4.48. The van der Waals surface area contributed by atoms with E-state index in [-0.39, 0.29) is 0 Å². The predicted molar refractivity (Wildman–Crippen MR) is 29.8 cm³/mol. The Morgan fingerprint density at radius 2 is 2.00 bits per heavy atom. The Morgan fingerprint density at radius 1 is 1.50 bits per heavy atom. The van der Waals surface area contributed by atoms with Crippen molar-refractivity contribution in [3.63, 3.8) is 0 Å². The third-order valence-electron chi connectivity index (χ3n) is 0.548. The molecule has 0 spiro atoms. The molecule has 0 saturated heterocycles. The first-order valence-corrected chi connectivity index (χ1v) is 3.62. The molecular weight excluding hydrogens is 164 g/mol. The molecule has 0 fully saturated rings. The standard InChI is InChI=1S/C3H6O6S/c4-3(5)1-2-9-10(6,7)8/h1-2H2,(H,4,5)(H,6,7,8). The van der Waals surface area contributed by atoms with E-state index in [1.807, 2.05) is 0 Å². The van der Waals surface area contributed by atoms with Gasteiger partial charge in [0.2, 0.25) is 0 Å². The smallest absolute Gasteiger partial charge is 0.397 e. The Labute approximate surface area is 57.4 Å². The van der Waals surface area contributed by atoms with E-state index < -0.39 is 29.4 Å². The molecule has 0 atom stereocenters. The van der Waals surface area contributed by atoms with E-state index in [9.17, 15) is 13.2 Å². The topological polar surface area (TPSA) is 101 Å². The third kappa shape index (κ3) is 7.34. The molecule has 2 N–H and O–H groups in total. The van der Waals surface area contributed by atoms with Crippen LogP contribution in [0, 0.1) is 0 Å².